The van der Waals surface area contributed by atoms with Crippen LogP contribution in [-0.4, -0.2) is 12.2 Å². The zero-order chi connectivity index (χ0) is 14.7. The van der Waals surface area contributed by atoms with Crippen molar-refractivity contribution in [1.29, 1.82) is 0 Å². The van der Waals surface area contributed by atoms with Gasteiger partial charge in [0.1, 0.15) is 5.75 Å². The molecule has 20 heavy (non-hydrogen) atoms. The van der Waals surface area contributed by atoms with E-state index >= 15 is 0 Å². The normalized spacial score (nSPS) is 12.2. The number of aliphatic hydroxyl groups is 1. The molecule has 0 heterocycles. The average molecular weight is 291 g/mol. The highest BCUT2D eigenvalue weighted by molar-refractivity contribution is 6.30. The van der Waals surface area contributed by atoms with Crippen molar-refractivity contribution in [3.8, 4) is 5.75 Å². The molecule has 0 saturated heterocycles. The Bertz CT molecular complexity index is 567. The third-order valence-corrected chi connectivity index (χ3v) is 3.67. The molecule has 0 aliphatic rings. The molecule has 0 saturated carbocycles. The van der Waals surface area contributed by atoms with Gasteiger partial charge in [0, 0.05) is 11.4 Å². The first-order valence-electron chi connectivity index (χ1n) is 6.59. The van der Waals surface area contributed by atoms with E-state index in [4.69, 9.17) is 16.3 Å². The number of ether oxygens (including phenoxy) is 1. The third-order valence-electron chi connectivity index (χ3n) is 3.41. The second-order valence-electron chi connectivity index (χ2n) is 5.03. The number of aryl methyl sites for hydroxylation is 2. The molecule has 0 bridgehead atoms. The van der Waals surface area contributed by atoms with Crippen molar-refractivity contribution in [1.82, 2.24) is 0 Å². The maximum absolute atomic E-state index is 10.4. The Morgan fingerprint density at radius 3 is 2.15 bits per heavy atom. The van der Waals surface area contributed by atoms with Gasteiger partial charge in [0.15, 0.2) is 0 Å². The molecule has 2 rings (SSSR count). The highest BCUT2D eigenvalue weighted by Gasteiger charge is 2.12. The van der Waals surface area contributed by atoms with Gasteiger partial charge in [0.25, 0.3) is 0 Å². The fourth-order valence-electron chi connectivity index (χ4n) is 2.46. The lowest BCUT2D eigenvalue weighted by Crippen LogP contribution is -2.04. The molecule has 106 valence electrons. The van der Waals surface area contributed by atoms with E-state index in [1.165, 1.54) is 0 Å². The van der Waals surface area contributed by atoms with Gasteiger partial charge in [0.05, 0.1) is 13.2 Å². The summed E-state index contributed by atoms with van der Waals surface area (Å²) in [5, 5.41) is 11.1. The quantitative estimate of drug-likeness (QED) is 0.912. The summed E-state index contributed by atoms with van der Waals surface area (Å²) >= 11 is 5.86. The highest BCUT2D eigenvalue weighted by Crippen LogP contribution is 2.28. The predicted molar refractivity (Wildman–Crippen MR) is 82.6 cm³/mol. The van der Waals surface area contributed by atoms with Gasteiger partial charge in [-0.05, 0) is 60.4 Å². The molecule has 3 heteroatoms. The summed E-state index contributed by atoms with van der Waals surface area (Å²) in [6, 6.07) is 11.5. The van der Waals surface area contributed by atoms with Gasteiger partial charge in [-0.1, -0.05) is 23.7 Å². The molecule has 0 fully saturated rings. The van der Waals surface area contributed by atoms with Crippen LogP contribution in [0.4, 0.5) is 0 Å². The lowest BCUT2D eigenvalue weighted by atomic mass is 9.97. The standard InChI is InChI=1S/C17H19ClO2/c1-11-8-14(9-12(2)17(11)20-3)16(19)10-13-4-6-15(18)7-5-13/h4-9,16,19H,10H2,1-3H3. The van der Waals surface area contributed by atoms with E-state index < -0.39 is 6.10 Å². The third kappa shape index (κ3) is 3.33. The van der Waals surface area contributed by atoms with Crippen molar-refractivity contribution < 1.29 is 9.84 Å². The van der Waals surface area contributed by atoms with Gasteiger partial charge in [-0.2, -0.15) is 0 Å². The molecule has 1 N–H and O–H groups in total. The van der Waals surface area contributed by atoms with Crippen molar-refractivity contribution in [2.45, 2.75) is 26.4 Å². The molecule has 0 aromatic heterocycles. The zero-order valence-corrected chi connectivity index (χ0v) is 12.7. The average Bonchev–Trinajstić information content (AvgIpc) is 2.41. The maximum atomic E-state index is 10.4. The van der Waals surface area contributed by atoms with Crippen LogP contribution in [0.2, 0.25) is 5.02 Å². The fraction of sp³-hybridized carbons (Fsp3) is 0.294. The minimum atomic E-state index is -0.528. The van der Waals surface area contributed by atoms with Crippen LogP contribution in [0, 0.1) is 13.8 Å². The monoisotopic (exact) mass is 290 g/mol. The molecule has 0 radical (unpaired) electrons. The molecule has 2 aromatic carbocycles. The number of rotatable bonds is 4. The van der Waals surface area contributed by atoms with Crippen molar-refractivity contribution in [2.24, 2.45) is 0 Å². The summed E-state index contributed by atoms with van der Waals surface area (Å²) in [5.41, 5.74) is 4.05. The molecule has 2 aromatic rings. The molecule has 0 spiro atoms. The van der Waals surface area contributed by atoms with Crippen molar-refractivity contribution in [3.05, 3.63) is 63.7 Å². The van der Waals surface area contributed by atoms with Crippen LogP contribution in [0.15, 0.2) is 36.4 Å². The van der Waals surface area contributed by atoms with Crippen molar-refractivity contribution >= 4 is 11.6 Å². The van der Waals surface area contributed by atoms with E-state index in [2.05, 4.69) is 0 Å². The topological polar surface area (TPSA) is 29.5 Å². The van der Waals surface area contributed by atoms with Gasteiger partial charge < -0.3 is 9.84 Å². The SMILES string of the molecule is COc1c(C)cc(C(O)Cc2ccc(Cl)cc2)cc1C. The van der Waals surface area contributed by atoms with E-state index in [1.54, 1.807) is 7.11 Å². The Labute approximate surface area is 125 Å². The minimum Gasteiger partial charge on any atom is -0.496 e. The van der Waals surface area contributed by atoms with Gasteiger partial charge in [-0.3, -0.25) is 0 Å². The van der Waals surface area contributed by atoms with Crippen LogP contribution in [0.3, 0.4) is 0 Å². The number of methoxy groups -OCH3 is 1. The summed E-state index contributed by atoms with van der Waals surface area (Å²) in [5.74, 6) is 0.882. The Balaban J connectivity index is 2.21. The number of hydrogen-bond donors (Lipinski definition) is 1. The van der Waals surface area contributed by atoms with E-state index in [0.717, 1.165) is 28.0 Å². The van der Waals surface area contributed by atoms with Crippen LogP contribution in [0.25, 0.3) is 0 Å². The van der Waals surface area contributed by atoms with Gasteiger partial charge >= 0.3 is 0 Å². The highest BCUT2D eigenvalue weighted by atomic mass is 35.5. The summed E-state index contributed by atoms with van der Waals surface area (Å²) in [6.45, 7) is 3.98. The van der Waals surface area contributed by atoms with Crippen molar-refractivity contribution in [2.75, 3.05) is 7.11 Å². The Morgan fingerprint density at radius 1 is 1.10 bits per heavy atom. The van der Waals surface area contributed by atoms with E-state index in [1.807, 2.05) is 50.2 Å². The lowest BCUT2D eigenvalue weighted by molar-refractivity contribution is 0.178. The molecule has 0 aliphatic heterocycles. The smallest absolute Gasteiger partial charge is 0.124 e. The van der Waals surface area contributed by atoms with E-state index in [0.29, 0.717) is 11.4 Å². The summed E-state index contributed by atoms with van der Waals surface area (Å²) in [4.78, 5) is 0. The minimum absolute atomic E-state index is 0.528. The number of halogens is 1. The van der Waals surface area contributed by atoms with E-state index in [-0.39, 0.29) is 0 Å². The summed E-state index contributed by atoms with van der Waals surface area (Å²) in [6.07, 6.45) is 0.0435. The summed E-state index contributed by atoms with van der Waals surface area (Å²) < 4.78 is 5.35. The molecule has 1 atom stereocenters. The second-order valence-corrected chi connectivity index (χ2v) is 5.47. The maximum Gasteiger partial charge on any atom is 0.124 e. The van der Waals surface area contributed by atoms with Gasteiger partial charge in [-0.25, -0.2) is 0 Å². The number of aliphatic hydroxyl groups excluding tert-OH is 1. The van der Waals surface area contributed by atoms with Crippen LogP contribution < -0.4 is 4.74 Å². The lowest BCUT2D eigenvalue weighted by Gasteiger charge is -2.16. The van der Waals surface area contributed by atoms with Crippen molar-refractivity contribution in [3.63, 3.8) is 0 Å². The zero-order valence-electron chi connectivity index (χ0n) is 12.0. The first kappa shape index (κ1) is 14.9. The Hall–Kier alpha value is -1.51. The van der Waals surface area contributed by atoms with Gasteiger partial charge in [0.2, 0.25) is 0 Å². The number of benzene rings is 2. The number of hydrogen-bond acceptors (Lipinski definition) is 2. The van der Waals surface area contributed by atoms with Crippen LogP contribution in [0.5, 0.6) is 5.75 Å². The van der Waals surface area contributed by atoms with Crippen LogP contribution in [0.1, 0.15) is 28.4 Å². The Kier molecular flexibility index (Phi) is 4.69. The molecular formula is C17H19ClO2. The van der Waals surface area contributed by atoms with Crippen LogP contribution in [-0.2, 0) is 6.42 Å². The summed E-state index contributed by atoms with van der Waals surface area (Å²) in [7, 11) is 1.67. The molecule has 0 amide bonds. The molecular weight excluding hydrogens is 272 g/mol. The molecule has 1 unspecified atom stereocenters. The molecule has 0 aliphatic carbocycles. The predicted octanol–water partition coefficient (Wildman–Crippen LogP) is 4.24. The first-order valence-corrected chi connectivity index (χ1v) is 6.96. The Morgan fingerprint density at radius 2 is 1.65 bits per heavy atom. The van der Waals surface area contributed by atoms with Gasteiger partial charge in [-0.15, -0.1) is 0 Å². The molecule has 2 nitrogen and oxygen atoms in total. The van der Waals surface area contributed by atoms with E-state index in [9.17, 15) is 5.11 Å². The first-order chi connectivity index (χ1) is 9.51. The van der Waals surface area contributed by atoms with Crippen LogP contribution >= 0.6 is 11.6 Å². The fourth-order valence-corrected chi connectivity index (χ4v) is 2.59. The largest absolute Gasteiger partial charge is 0.496 e. The second kappa shape index (κ2) is 6.29.